The number of aromatic nitrogens is 2. The van der Waals surface area contributed by atoms with E-state index >= 15 is 0 Å². The molecule has 0 N–H and O–H groups in total. The molecular weight excluding hydrogens is 310 g/mol. The third kappa shape index (κ3) is 3.61. The Hall–Kier alpha value is -2.70. The van der Waals surface area contributed by atoms with Crippen molar-refractivity contribution in [3.05, 3.63) is 47.6 Å². The molecule has 7 heteroatoms. The number of ether oxygens (including phenoxy) is 1. The highest BCUT2D eigenvalue weighted by atomic mass is 16.6. The molecule has 1 fully saturated rings. The van der Waals surface area contributed by atoms with Gasteiger partial charge in [0.25, 0.3) is 5.89 Å². The van der Waals surface area contributed by atoms with E-state index in [1.807, 2.05) is 30.3 Å². The van der Waals surface area contributed by atoms with Gasteiger partial charge >= 0.3 is 5.97 Å². The molecule has 24 heavy (non-hydrogen) atoms. The Morgan fingerprint density at radius 2 is 2.17 bits per heavy atom. The summed E-state index contributed by atoms with van der Waals surface area (Å²) in [5.41, 5.74) is 1.04. The summed E-state index contributed by atoms with van der Waals surface area (Å²) in [6.45, 7) is 4.23. The van der Waals surface area contributed by atoms with Crippen LogP contribution in [0.4, 0.5) is 0 Å². The lowest BCUT2D eigenvalue weighted by Gasteiger charge is -2.17. The van der Waals surface area contributed by atoms with Gasteiger partial charge in [-0.1, -0.05) is 35.5 Å². The summed E-state index contributed by atoms with van der Waals surface area (Å²) in [4.78, 5) is 30.1. The normalized spacial score (nSPS) is 18.7. The third-order valence-electron chi connectivity index (χ3n) is 3.95. The van der Waals surface area contributed by atoms with Gasteiger partial charge in [0.05, 0.1) is 5.92 Å². The summed E-state index contributed by atoms with van der Waals surface area (Å²) in [6.07, 6.45) is -0.460. The van der Waals surface area contributed by atoms with Gasteiger partial charge in [0.1, 0.15) is 0 Å². The van der Waals surface area contributed by atoms with Crippen LogP contribution in [0.2, 0.25) is 0 Å². The molecule has 1 saturated heterocycles. The van der Waals surface area contributed by atoms with Gasteiger partial charge < -0.3 is 14.2 Å². The SMILES string of the molecule is Cc1noc(C(C)OC(=O)C2CC(=O)N(Cc3ccccc3)C2)n1. The van der Waals surface area contributed by atoms with Crippen molar-refractivity contribution in [2.24, 2.45) is 5.92 Å². The summed E-state index contributed by atoms with van der Waals surface area (Å²) in [5, 5.41) is 3.67. The Labute approximate surface area is 139 Å². The van der Waals surface area contributed by atoms with E-state index in [0.717, 1.165) is 5.56 Å². The van der Waals surface area contributed by atoms with Crippen molar-refractivity contribution >= 4 is 11.9 Å². The largest absolute Gasteiger partial charge is 0.452 e. The standard InChI is InChI=1S/C17H19N3O4/c1-11(16-18-12(2)19-24-16)23-17(22)14-8-15(21)20(10-14)9-13-6-4-3-5-7-13/h3-7,11,14H,8-10H2,1-2H3. The summed E-state index contributed by atoms with van der Waals surface area (Å²) in [5.74, 6) is -0.179. The number of carbonyl (C=O) groups is 2. The number of carbonyl (C=O) groups excluding carboxylic acids is 2. The highest BCUT2D eigenvalue weighted by Crippen LogP contribution is 2.24. The predicted octanol–water partition coefficient (Wildman–Crippen LogP) is 2.03. The van der Waals surface area contributed by atoms with E-state index in [-0.39, 0.29) is 18.2 Å². The van der Waals surface area contributed by atoms with Gasteiger partial charge in [-0.2, -0.15) is 4.98 Å². The predicted molar refractivity (Wildman–Crippen MR) is 83.5 cm³/mol. The van der Waals surface area contributed by atoms with Crippen molar-refractivity contribution < 1.29 is 18.8 Å². The maximum atomic E-state index is 12.3. The first-order valence-electron chi connectivity index (χ1n) is 7.85. The summed E-state index contributed by atoms with van der Waals surface area (Å²) < 4.78 is 10.4. The fourth-order valence-electron chi connectivity index (χ4n) is 2.69. The van der Waals surface area contributed by atoms with Gasteiger partial charge in [-0.15, -0.1) is 0 Å². The smallest absolute Gasteiger partial charge is 0.312 e. The molecule has 1 amide bonds. The van der Waals surface area contributed by atoms with Crippen LogP contribution in [0.3, 0.4) is 0 Å². The van der Waals surface area contributed by atoms with Gasteiger partial charge in [0, 0.05) is 19.5 Å². The topological polar surface area (TPSA) is 85.5 Å². The number of esters is 1. The van der Waals surface area contributed by atoms with Crippen LogP contribution in [0.25, 0.3) is 0 Å². The van der Waals surface area contributed by atoms with Crippen LogP contribution < -0.4 is 0 Å². The zero-order chi connectivity index (χ0) is 17.1. The van der Waals surface area contributed by atoms with Gasteiger partial charge in [-0.3, -0.25) is 9.59 Å². The monoisotopic (exact) mass is 329 g/mol. The Bertz CT molecular complexity index is 728. The minimum absolute atomic E-state index is 0.0397. The Morgan fingerprint density at radius 1 is 1.42 bits per heavy atom. The average Bonchev–Trinajstić information content (AvgIpc) is 3.15. The lowest BCUT2D eigenvalue weighted by molar-refractivity contribution is -0.154. The fourth-order valence-corrected chi connectivity index (χ4v) is 2.69. The third-order valence-corrected chi connectivity index (χ3v) is 3.95. The number of rotatable bonds is 5. The Kier molecular flexibility index (Phi) is 4.59. The molecule has 0 radical (unpaired) electrons. The van der Waals surface area contributed by atoms with Crippen LogP contribution in [0.1, 0.15) is 36.7 Å². The first-order valence-corrected chi connectivity index (χ1v) is 7.85. The second-order valence-corrected chi connectivity index (χ2v) is 5.92. The van der Waals surface area contributed by atoms with E-state index in [1.54, 1.807) is 18.7 Å². The number of hydrogen-bond acceptors (Lipinski definition) is 6. The molecule has 2 unspecified atom stereocenters. The van der Waals surface area contributed by atoms with Crippen LogP contribution >= 0.6 is 0 Å². The van der Waals surface area contributed by atoms with Crippen molar-refractivity contribution in [2.75, 3.05) is 6.54 Å². The second kappa shape index (κ2) is 6.82. The van der Waals surface area contributed by atoms with Crippen molar-refractivity contribution in [3.63, 3.8) is 0 Å². The Morgan fingerprint density at radius 3 is 2.83 bits per heavy atom. The number of likely N-dealkylation sites (tertiary alicyclic amines) is 1. The lowest BCUT2D eigenvalue weighted by atomic mass is 10.1. The van der Waals surface area contributed by atoms with E-state index in [0.29, 0.717) is 18.9 Å². The zero-order valence-electron chi connectivity index (χ0n) is 13.6. The highest BCUT2D eigenvalue weighted by Gasteiger charge is 2.36. The molecule has 7 nitrogen and oxygen atoms in total. The van der Waals surface area contributed by atoms with Crippen molar-refractivity contribution in [1.82, 2.24) is 15.0 Å². The van der Waals surface area contributed by atoms with E-state index in [9.17, 15) is 9.59 Å². The van der Waals surface area contributed by atoms with Gasteiger partial charge in [-0.05, 0) is 19.4 Å². The number of nitrogens with zero attached hydrogens (tertiary/aromatic N) is 3. The molecule has 0 saturated carbocycles. The van der Waals surface area contributed by atoms with Crippen molar-refractivity contribution in [2.45, 2.75) is 32.9 Å². The van der Waals surface area contributed by atoms with Crippen LogP contribution in [0.15, 0.2) is 34.9 Å². The number of aryl methyl sites for hydroxylation is 1. The number of hydrogen-bond donors (Lipinski definition) is 0. The summed E-state index contributed by atoms with van der Waals surface area (Å²) >= 11 is 0. The lowest BCUT2D eigenvalue weighted by Crippen LogP contribution is -2.26. The minimum Gasteiger partial charge on any atom is -0.452 e. The quantitative estimate of drug-likeness (QED) is 0.780. The van der Waals surface area contributed by atoms with Crippen molar-refractivity contribution in [1.29, 1.82) is 0 Å². The van der Waals surface area contributed by atoms with E-state index in [1.165, 1.54) is 0 Å². The molecule has 2 heterocycles. The fraction of sp³-hybridized carbons (Fsp3) is 0.412. The van der Waals surface area contributed by atoms with Crippen LogP contribution in [0.5, 0.6) is 0 Å². The zero-order valence-corrected chi connectivity index (χ0v) is 13.6. The molecule has 126 valence electrons. The highest BCUT2D eigenvalue weighted by molar-refractivity contribution is 5.86. The molecular formula is C17H19N3O4. The van der Waals surface area contributed by atoms with Gasteiger partial charge in [-0.25, -0.2) is 0 Å². The molecule has 2 aromatic rings. The summed E-state index contributed by atoms with van der Waals surface area (Å²) in [7, 11) is 0. The molecule has 0 bridgehead atoms. The number of benzene rings is 1. The first-order chi connectivity index (χ1) is 11.5. The maximum absolute atomic E-state index is 12.3. The van der Waals surface area contributed by atoms with Gasteiger partial charge in [0.15, 0.2) is 11.9 Å². The van der Waals surface area contributed by atoms with Gasteiger partial charge in [0.2, 0.25) is 5.91 Å². The second-order valence-electron chi connectivity index (χ2n) is 5.92. The van der Waals surface area contributed by atoms with Crippen LogP contribution in [0, 0.1) is 12.8 Å². The molecule has 3 rings (SSSR count). The Balaban J connectivity index is 1.57. The first kappa shape index (κ1) is 16.2. The van der Waals surface area contributed by atoms with E-state index < -0.39 is 18.0 Å². The van der Waals surface area contributed by atoms with Crippen LogP contribution in [-0.2, 0) is 20.9 Å². The number of amides is 1. The molecule has 1 aromatic heterocycles. The molecule has 1 aliphatic heterocycles. The maximum Gasteiger partial charge on any atom is 0.312 e. The summed E-state index contributed by atoms with van der Waals surface area (Å²) in [6, 6.07) is 9.69. The van der Waals surface area contributed by atoms with Crippen LogP contribution in [-0.4, -0.2) is 33.5 Å². The molecule has 1 aliphatic rings. The molecule has 1 aromatic carbocycles. The van der Waals surface area contributed by atoms with E-state index in [2.05, 4.69) is 10.1 Å². The minimum atomic E-state index is -0.628. The molecule has 2 atom stereocenters. The molecule has 0 aliphatic carbocycles. The van der Waals surface area contributed by atoms with E-state index in [4.69, 9.17) is 9.26 Å². The van der Waals surface area contributed by atoms with Crippen molar-refractivity contribution in [3.8, 4) is 0 Å². The average molecular weight is 329 g/mol. The molecule has 0 spiro atoms.